The molecule has 1 heterocycles. The highest BCUT2D eigenvalue weighted by molar-refractivity contribution is 5.90. The quantitative estimate of drug-likeness (QED) is 0.860. The lowest BCUT2D eigenvalue weighted by atomic mass is 9.83. The van der Waals surface area contributed by atoms with Gasteiger partial charge in [-0.3, -0.25) is 9.59 Å². The van der Waals surface area contributed by atoms with E-state index in [0.717, 1.165) is 32.2 Å². The van der Waals surface area contributed by atoms with Gasteiger partial charge in [-0.15, -0.1) is 0 Å². The van der Waals surface area contributed by atoms with Gasteiger partial charge in [-0.25, -0.2) is 0 Å². The second-order valence-electron chi connectivity index (χ2n) is 6.38. The van der Waals surface area contributed by atoms with Crippen LogP contribution in [0.1, 0.15) is 65.2 Å². The maximum absolute atomic E-state index is 12.8. The van der Waals surface area contributed by atoms with E-state index in [2.05, 4.69) is 12.2 Å². The summed E-state index contributed by atoms with van der Waals surface area (Å²) >= 11 is 0. The summed E-state index contributed by atoms with van der Waals surface area (Å²) in [6, 6.07) is -0.243. The van der Waals surface area contributed by atoms with E-state index < -0.39 is 0 Å². The molecule has 2 aliphatic rings. The normalized spacial score (nSPS) is 29.2. The Morgan fingerprint density at radius 1 is 1.20 bits per heavy atom. The zero-order valence-electron chi connectivity index (χ0n) is 12.9. The third kappa shape index (κ3) is 3.53. The van der Waals surface area contributed by atoms with Crippen molar-refractivity contribution in [3.63, 3.8) is 0 Å². The Bertz CT molecular complexity index is 350. The van der Waals surface area contributed by atoms with Gasteiger partial charge in [0.1, 0.15) is 6.04 Å². The maximum Gasteiger partial charge on any atom is 0.245 e. The number of hydrogen-bond donors (Lipinski definition) is 1. The number of nitrogens with zero attached hydrogens (tertiary/aromatic N) is 1. The molecule has 2 amide bonds. The van der Waals surface area contributed by atoms with Crippen molar-refractivity contribution in [2.75, 3.05) is 6.54 Å². The number of unbranched alkanes of at least 4 members (excludes halogenated alkanes) is 1. The highest BCUT2D eigenvalue weighted by Crippen LogP contribution is 2.29. The average molecular weight is 280 g/mol. The van der Waals surface area contributed by atoms with Gasteiger partial charge in [-0.05, 0) is 32.1 Å². The zero-order chi connectivity index (χ0) is 14.5. The van der Waals surface area contributed by atoms with Crippen molar-refractivity contribution in [1.82, 2.24) is 10.2 Å². The molecule has 0 radical (unpaired) electrons. The molecule has 0 aromatic heterocycles. The van der Waals surface area contributed by atoms with Gasteiger partial charge in [0, 0.05) is 19.0 Å². The first kappa shape index (κ1) is 15.3. The molecule has 20 heavy (non-hydrogen) atoms. The molecule has 4 nitrogen and oxygen atoms in total. The van der Waals surface area contributed by atoms with E-state index in [1.807, 2.05) is 11.8 Å². The molecule has 0 spiro atoms. The van der Waals surface area contributed by atoms with Crippen LogP contribution in [0.5, 0.6) is 0 Å². The lowest BCUT2D eigenvalue weighted by molar-refractivity contribution is -0.136. The minimum absolute atomic E-state index is 0.0302. The lowest BCUT2D eigenvalue weighted by Crippen LogP contribution is -2.50. The fraction of sp³-hybridized carbons (Fsp3) is 0.875. The molecule has 0 aromatic carbocycles. The second-order valence-corrected chi connectivity index (χ2v) is 6.38. The van der Waals surface area contributed by atoms with Gasteiger partial charge in [-0.2, -0.15) is 0 Å². The summed E-state index contributed by atoms with van der Waals surface area (Å²) in [5.41, 5.74) is 0. The summed E-state index contributed by atoms with van der Waals surface area (Å²) in [5, 5.41) is 3.01. The summed E-state index contributed by atoms with van der Waals surface area (Å²) in [7, 11) is 0. The third-order valence-electron chi connectivity index (χ3n) is 4.75. The Morgan fingerprint density at radius 2 is 1.90 bits per heavy atom. The molecule has 1 N–H and O–H groups in total. The molecule has 1 saturated heterocycles. The fourth-order valence-electron chi connectivity index (χ4n) is 3.51. The Kier molecular flexibility index (Phi) is 5.44. The Balaban J connectivity index is 2.12. The van der Waals surface area contributed by atoms with Crippen molar-refractivity contribution in [1.29, 1.82) is 0 Å². The van der Waals surface area contributed by atoms with E-state index in [9.17, 15) is 9.59 Å². The van der Waals surface area contributed by atoms with Crippen molar-refractivity contribution < 1.29 is 9.59 Å². The highest BCUT2D eigenvalue weighted by Gasteiger charge is 2.38. The Labute approximate surface area is 122 Å². The smallest absolute Gasteiger partial charge is 0.245 e. The molecule has 1 aliphatic carbocycles. The Hall–Kier alpha value is -1.06. The maximum atomic E-state index is 12.8. The monoisotopic (exact) mass is 280 g/mol. The molecule has 114 valence electrons. The van der Waals surface area contributed by atoms with Crippen LogP contribution in [-0.4, -0.2) is 35.3 Å². The molecule has 0 bridgehead atoms. The summed E-state index contributed by atoms with van der Waals surface area (Å²) in [4.78, 5) is 26.8. The first-order chi connectivity index (χ1) is 9.63. The molecule has 2 atom stereocenters. The van der Waals surface area contributed by atoms with Crippen molar-refractivity contribution in [2.45, 2.75) is 77.3 Å². The van der Waals surface area contributed by atoms with Crippen LogP contribution in [0.4, 0.5) is 0 Å². The number of nitrogens with one attached hydrogen (secondary N) is 1. The topological polar surface area (TPSA) is 49.4 Å². The predicted molar refractivity (Wildman–Crippen MR) is 79.2 cm³/mol. The van der Waals surface area contributed by atoms with Crippen LogP contribution in [-0.2, 0) is 9.59 Å². The summed E-state index contributed by atoms with van der Waals surface area (Å²) in [6.07, 6.45) is 8.33. The molecule has 1 aliphatic heterocycles. The van der Waals surface area contributed by atoms with Crippen LogP contribution in [0, 0.1) is 5.92 Å². The number of rotatable bonds is 4. The van der Waals surface area contributed by atoms with E-state index >= 15 is 0 Å². The van der Waals surface area contributed by atoms with Gasteiger partial charge in [-0.1, -0.05) is 32.6 Å². The zero-order valence-corrected chi connectivity index (χ0v) is 12.9. The van der Waals surface area contributed by atoms with Gasteiger partial charge in [0.15, 0.2) is 0 Å². The van der Waals surface area contributed by atoms with Gasteiger partial charge < -0.3 is 10.2 Å². The van der Waals surface area contributed by atoms with Crippen LogP contribution in [0.25, 0.3) is 0 Å². The van der Waals surface area contributed by atoms with Crippen molar-refractivity contribution >= 4 is 11.8 Å². The molecule has 2 unspecified atom stereocenters. The first-order valence-corrected chi connectivity index (χ1v) is 8.23. The van der Waals surface area contributed by atoms with Crippen LogP contribution in [0.3, 0.4) is 0 Å². The molecule has 1 saturated carbocycles. The molecule has 4 heteroatoms. The van der Waals surface area contributed by atoms with Crippen LogP contribution >= 0.6 is 0 Å². The van der Waals surface area contributed by atoms with Gasteiger partial charge in [0.2, 0.25) is 11.8 Å². The van der Waals surface area contributed by atoms with E-state index in [0.29, 0.717) is 12.3 Å². The average Bonchev–Trinajstić information content (AvgIpc) is 2.55. The van der Waals surface area contributed by atoms with Gasteiger partial charge in [0.05, 0.1) is 0 Å². The minimum atomic E-state index is -0.274. The highest BCUT2D eigenvalue weighted by atomic mass is 16.2. The van der Waals surface area contributed by atoms with Crippen molar-refractivity contribution in [3.05, 3.63) is 0 Å². The fourth-order valence-corrected chi connectivity index (χ4v) is 3.51. The number of amides is 2. The largest absolute Gasteiger partial charge is 0.344 e. The number of carbonyl (C=O) groups excluding carboxylic acids is 2. The number of carbonyl (C=O) groups is 2. The minimum Gasteiger partial charge on any atom is -0.344 e. The van der Waals surface area contributed by atoms with E-state index in [4.69, 9.17) is 0 Å². The van der Waals surface area contributed by atoms with E-state index in [1.165, 1.54) is 19.3 Å². The summed E-state index contributed by atoms with van der Waals surface area (Å²) < 4.78 is 0. The standard InChI is InChI=1S/C16H28N2O2/c1-3-4-10-18-12(2)11-14(19)17-15(16(18)20)13-8-6-5-7-9-13/h12-13,15H,3-11H2,1-2H3,(H,17,19). The lowest BCUT2D eigenvalue weighted by Gasteiger charge is -2.33. The predicted octanol–water partition coefficient (Wildman–Crippen LogP) is 2.47. The SMILES string of the molecule is CCCCN1C(=O)C(C2CCCCC2)NC(=O)CC1C. The number of hydrogen-bond acceptors (Lipinski definition) is 2. The van der Waals surface area contributed by atoms with Crippen LogP contribution in [0.15, 0.2) is 0 Å². The summed E-state index contributed by atoms with van der Waals surface area (Å²) in [5.74, 6) is 0.541. The Morgan fingerprint density at radius 3 is 2.55 bits per heavy atom. The van der Waals surface area contributed by atoms with Crippen LogP contribution < -0.4 is 5.32 Å². The molecular weight excluding hydrogens is 252 g/mol. The van der Waals surface area contributed by atoms with Crippen molar-refractivity contribution in [3.8, 4) is 0 Å². The van der Waals surface area contributed by atoms with Crippen molar-refractivity contribution in [2.24, 2.45) is 5.92 Å². The molecule has 2 fully saturated rings. The van der Waals surface area contributed by atoms with E-state index in [-0.39, 0.29) is 23.9 Å². The third-order valence-corrected chi connectivity index (χ3v) is 4.75. The second kappa shape index (κ2) is 7.09. The van der Waals surface area contributed by atoms with Gasteiger partial charge in [0.25, 0.3) is 0 Å². The van der Waals surface area contributed by atoms with E-state index in [1.54, 1.807) is 0 Å². The molecular formula is C16H28N2O2. The van der Waals surface area contributed by atoms with Gasteiger partial charge >= 0.3 is 0 Å². The molecule has 0 aromatic rings. The molecule has 2 rings (SSSR count). The van der Waals surface area contributed by atoms with Crippen LogP contribution in [0.2, 0.25) is 0 Å². The summed E-state index contributed by atoms with van der Waals surface area (Å²) in [6.45, 7) is 4.92. The first-order valence-electron chi connectivity index (χ1n) is 8.23.